The van der Waals surface area contributed by atoms with Crippen LogP contribution in [-0.2, 0) is 9.47 Å². The van der Waals surface area contributed by atoms with Crippen molar-refractivity contribution in [1.82, 2.24) is 0 Å². The van der Waals surface area contributed by atoms with Gasteiger partial charge in [0, 0.05) is 6.42 Å². The molecule has 0 aliphatic carbocycles. The zero-order chi connectivity index (χ0) is 24.8. The Morgan fingerprint density at radius 2 is 1.13 bits per heavy atom. The zero-order valence-electron chi connectivity index (χ0n) is 14.5. The summed E-state index contributed by atoms with van der Waals surface area (Å²) in [5, 5.41) is 27.8. The quantitative estimate of drug-likeness (QED) is 0.451. The normalized spacial score (nSPS) is 27.5. The van der Waals surface area contributed by atoms with E-state index in [4.69, 9.17) is 5.11 Å². The Morgan fingerprint density at radius 3 is 1.58 bits per heavy atom. The SMILES string of the molecule is O[C@@H]1[C@@H](O)[C@H](OCCC(F)(F)C(F)(F)C(F)(F)C(F)(F)C(F)(F)C(F)(F)F)OC[C@H]1O. The molecule has 0 aromatic carbocycles. The highest BCUT2D eigenvalue weighted by molar-refractivity contribution is 5.10. The van der Waals surface area contributed by atoms with Gasteiger partial charge in [0.1, 0.15) is 18.3 Å². The second-order valence-corrected chi connectivity index (χ2v) is 6.37. The van der Waals surface area contributed by atoms with Gasteiger partial charge in [-0.15, -0.1) is 0 Å². The molecule has 1 rings (SSSR count). The molecule has 1 heterocycles. The van der Waals surface area contributed by atoms with Crippen molar-refractivity contribution in [3.63, 3.8) is 0 Å². The first-order valence-electron chi connectivity index (χ1n) is 7.79. The smallest absolute Gasteiger partial charge is 0.388 e. The first-order chi connectivity index (χ1) is 13.6. The molecule has 0 radical (unpaired) electrons. The molecule has 0 bridgehead atoms. The van der Waals surface area contributed by atoms with Crippen molar-refractivity contribution in [2.45, 2.75) is 66.8 Å². The van der Waals surface area contributed by atoms with E-state index in [2.05, 4.69) is 9.47 Å². The largest absolute Gasteiger partial charge is 0.460 e. The maximum Gasteiger partial charge on any atom is 0.460 e. The molecule has 5 nitrogen and oxygen atoms in total. The van der Waals surface area contributed by atoms with E-state index >= 15 is 0 Å². The zero-order valence-corrected chi connectivity index (χ0v) is 14.5. The Balaban J connectivity index is 3.01. The van der Waals surface area contributed by atoms with Crippen molar-refractivity contribution in [2.24, 2.45) is 0 Å². The highest BCUT2D eigenvalue weighted by atomic mass is 19.4. The summed E-state index contributed by atoms with van der Waals surface area (Å²) in [6.45, 7) is -2.60. The van der Waals surface area contributed by atoms with Crippen molar-refractivity contribution < 1.29 is 81.9 Å². The van der Waals surface area contributed by atoms with E-state index < -0.39 is 80.0 Å². The van der Waals surface area contributed by atoms with E-state index in [1.807, 2.05) is 0 Å². The number of alkyl halides is 13. The molecule has 0 spiro atoms. The van der Waals surface area contributed by atoms with E-state index in [0.717, 1.165) is 0 Å². The molecule has 1 aliphatic heterocycles. The first-order valence-corrected chi connectivity index (χ1v) is 7.79. The molecule has 1 fully saturated rings. The van der Waals surface area contributed by atoms with Gasteiger partial charge in [-0.3, -0.25) is 0 Å². The van der Waals surface area contributed by atoms with Crippen LogP contribution < -0.4 is 0 Å². The van der Waals surface area contributed by atoms with Crippen molar-refractivity contribution in [3.05, 3.63) is 0 Å². The van der Waals surface area contributed by atoms with Gasteiger partial charge in [-0.25, -0.2) is 0 Å². The van der Waals surface area contributed by atoms with Crippen LogP contribution in [0.4, 0.5) is 57.1 Å². The summed E-state index contributed by atoms with van der Waals surface area (Å²) in [5.74, 6) is -37.5. The van der Waals surface area contributed by atoms with Crippen LogP contribution in [0.25, 0.3) is 0 Å². The van der Waals surface area contributed by atoms with Gasteiger partial charge in [0.05, 0.1) is 13.2 Å². The maximum absolute atomic E-state index is 13.5. The molecular formula is C13H13F13O5. The molecule has 4 atom stereocenters. The van der Waals surface area contributed by atoms with Crippen LogP contribution in [0.1, 0.15) is 6.42 Å². The fourth-order valence-electron chi connectivity index (χ4n) is 2.19. The third-order valence-electron chi connectivity index (χ3n) is 4.15. The molecule has 0 amide bonds. The predicted octanol–water partition coefficient (Wildman–Crippen LogP) is 2.57. The number of aliphatic hydroxyl groups excluding tert-OH is 3. The maximum atomic E-state index is 13.5. The lowest BCUT2D eigenvalue weighted by Crippen LogP contribution is -2.70. The van der Waals surface area contributed by atoms with Crippen LogP contribution in [0.5, 0.6) is 0 Å². The standard InChI is InChI=1S/C13H13F13O5/c14-8(15,1-2-30-7-6(29)5(28)4(27)3-31-7)9(16,17)10(18,19)11(20,21)12(22,23)13(24,25)26/h4-7,27-29H,1-3H2/t4-,5+,6-,7-/m1/s1. The van der Waals surface area contributed by atoms with E-state index in [-0.39, 0.29) is 0 Å². The minimum atomic E-state index is -7.99. The Morgan fingerprint density at radius 1 is 0.677 bits per heavy atom. The molecule has 1 saturated heterocycles. The van der Waals surface area contributed by atoms with Gasteiger partial charge in [0.2, 0.25) is 0 Å². The van der Waals surface area contributed by atoms with Crippen molar-refractivity contribution in [3.8, 4) is 0 Å². The van der Waals surface area contributed by atoms with Gasteiger partial charge >= 0.3 is 35.8 Å². The van der Waals surface area contributed by atoms with Crippen LogP contribution in [0.3, 0.4) is 0 Å². The van der Waals surface area contributed by atoms with Crippen LogP contribution in [0.2, 0.25) is 0 Å². The Bertz CT molecular complexity index is 623. The number of ether oxygens (including phenoxy) is 2. The molecule has 0 aromatic heterocycles. The van der Waals surface area contributed by atoms with Crippen LogP contribution in [0.15, 0.2) is 0 Å². The lowest BCUT2D eigenvalue weighted by molar-refractivity contribution is -0.440. The van der Waals surface area contributed by atoms with Gasteiger partial charge in [0.15, 0.2) is 6.29 Å². The highest BCUT2D eigenvalue weighted by Gasteiger charge is 2.90. The van der Waals surface area contributed by atoms with Crippen molar-refractivity contribution >= 4 is 0 Å². The second kappa shape index (κ2) is 8.35. The number of rotatable bonds is 8. The summed E-state index contributed by atoms with van der Waals surface area (Å²) in [5.41, 5.74) is 0. The minimum absolute atomic E-state index is 0.785. The summed E-state index contributed by atoms with van der Waals surface area (Å²) in [6.07, 6.45) is -18.1. The number of halogens is 13. The fourth-order valence-corrected chi connectivity index (χ4v) is 2.19. The fraction of sp³-hybridized carbons (Fsp3) is 1.00. The molecule has 0 saturated carbocycles. The molecule has 3 N–H and O–H groups in total. The molecule has 0 aromatic rings. The summed E-state index contributed by atoms with van der Waals surface area (Å²) in [6, 6.07) is 0. The molecule has 0 unspecified atom stereocenters. The summed E-state index contributed by atoms with van der Waals surface area (Å²) < 4.78 is 177. The summed E-state index contributed by atoms with van der Waals surface area (Å²) in [7, 11) is 0. The average molecular weight is 496 g/mol. The predicted molar refractivity (Wildman–Crippen MR) is 69.1 cm³/mol. The molecule has 18 heteroatoms. The van der Waals surface area contributed by atoms with Crippen LogP contribution in [-0.4, -0.2) is 88.9 Å². The van der Waals surface area contributed by atoms with Crippen molar-refractivity contribution in [1.29, 1.82) is 0 Å². The van der Waals surface area contributed by atoms with Crippen LogP contribution in [0, 0.1) is 0 Å². The topological polar surface area (TPSA) is 79.2 Å². The first kappa shape index (κ1) is 27.9. The average Bonchev–Trinajstić information content (AvgIpc) is 2.60. The number of hydrogen-bond acceptors (Lipinski definition) is 5. The monoisotopic (exact) mass is 496 g/mol. The van der Waals surface area contributed by atoms with Gasteiger partial charge < -0.3 is 24.8 Å². The third-order valence-corrected chi connectivity index (χ3v) is 4.15. The Kier molecular flexibility index (Phi) is 7.52. The Labute approximate surface area is 163 Å². The molecular weight excluding hydrogens is 483 g/mol. The van der Waals surface area contributed by atoms with E-state index in [9.17, 15) is 67.3 Å². The lowest BCUT2D eigenvalue weighted by Gasteiger charge is -2.40. The summed E-state index contributed by atoms with van der Waals surface area (Å²) in [4.78, 5) is 0. The molecule has 186 valence electrons. The van der Waals surface area contributed by atoms with Gasteiger partial charge in [-0.2, -0.15) is 57.1 Å². The van der Waals surface area contributed by atoms with Gasteiger partial charge in [0.25, 0.3) is 0 Å². The molecule has 31 heavy (non-hydrogen) atoms. The third kappa shape index (κ3) is 4.53. The Hall–Kier alpha value is -1.11. The van der Waals surface area contributed by atoms with Gasteiger partial charge in [-0.1, -0.05) is 0 Å². The molecule has 1 aliphatic rings. The number of aliphatic hydroxyl groups is 3. The van der Waals surface area contributed by atoms with E-state index in [0.29, 0.717) is 0 Å². The number of hydrogen-bond donors (Lipinski definition) is 3. The highest BCUT2D eigenvalue weighted by Crippen LogP contribution is 2.60. The summed E-state index contributed by atoms with van der Waals surface area (Å²) >= 11 is 0. The minimum Gasteiger partial charge on any atom is -0.388 e. The van der Waals surface area contributed by atoms with Crippen molar-refractivity contribution in [2.75, 3.05) is 13.2 Å². The van der Waals surface area contributed by atoms with Crippen LogP contribution >= 0.6 is 0 Å². The van der Waals surface area contributed by atoms with E-state index in [1.54, 1.807) is 0 Å². The van der Waals surface area contributed by atoms with E-state index in [1.165, 1.54) is 0 Å². The lowest BCUT2D eigenvalue weighted by atomic mass is 9.93. The van der Waals surface area contributed by atoms with Gasteiger partial charge in [-0.05, 0) is 0 Å². The second-order valence-electron chi connectivity index (χ2n) is 6.37.